The molecule has 238 valence electrons. The number of amides is 1. The third kappa shape index (κ3) is 7.00. The van der Waals surface area contributed by atoms with Crippen LogP contribution < -0.4 is 14.8 Å². The number of aromatic nitrogens is 2. The van der Waals surface area contributed by atoms with Crippen LogP contribution in [0.4, 0.5) is 0 Å². The summed E-state index contributed by atoms with van der Waals surface area (Å²) < 4.78 is 37.7. The zero-order chi connectivity index (χ0) is 32.1. The Morgan fingerprint density at radius 2 is 1.72 bits per heavy atom. The standard InChI is InChI=1S/C37H40N4O4S/c1-26-20-21-33(45-29-15-7-4-8-16-29)34(23-26)46(43,44)41-37(2,24-28-25-39-31-18-10-9-17-30(28)31)36(42)40-35(27-13-5-3-6-14-27)32-19-11-12-22-38-32/h4,7-12,15-23,25,27,35,39,41H,3,5-6,13-14,24H2,1-2H3,(H,40,42). The highest BCUT2D eigenvalue weighted by molar-refractivity contribution is 7.89. The number of pyridine rings is 1. The van der Waals surface area contributed by atoms with Crippen molar-refractivity contribution in [1.29, 1.82) is 0 Å². The smallest absolute Gasteiger partial charge is 0.245 e. The number of carbonyl (C=O) groups excluding carboxylic acids is 1. The van der Waals surface area contributed by atoms with Crippen molar-refractivity contribution in [1.82, 2.24) is 20.0 Å². The first-order valence-corrected chi connectivity index (χ1v) is 17.3. The van der Waals surface area contributed by atoms with E-state index in [9.17, 15) is 13.2 Å². The number of H-pyrrole nitrogens is 1. The van der Waals surface area contributed by atoms with Gasteiger partial charge >= 0.3 is 0 Å². The summed E-state index contributed by atoms with van der Waals surface area (Å²) in [5.41, 5.74) is 1.69. The molecule has 0 saturated heterocycles. The Balaban J connectivity index is 1.39. The van der Waals surface area contributed by atoms with Gasteiger partial charge in [0.2, 0.25) is 15.9 Å². The van der Waals surface area contributed by atoms with Crippen molar-refractivity contribution in [2.75, 3.05) is 0 Å². The lowest BCUT2D eigenvalue weighted by molar-refractivity contribution is -0.127. The summed E-state index contributed by atoms with van der Waals surface area (Å²) in [5.74, 6) is 0.463. The number of ether oxygens (including phenoxy) is 1. The van der Waals surface area contributed by atoms with E-state index in [0.29, 0.717) is 5.75 Å². The quantitative estimate of drug-likeness (QED) is 0.140. The molecule has 2 aromatic heterocycles. The molecule has 0 aliphatic heterocycles. The normalized spacial score (nSPS) is 16.0. The molecule has 0 bridgehead atoms. The summed E-state index contributed by atoms with van der Waals surface area (Å²) in [5, 5.41) is 4.20. The molecular formula is C37H40N4O4S. The van der Waals surface area contributed by atoms with Crippen LogP contribution in [0, 0.1) is 12.8 Å². The minimum atomic E-state index is -4.28. The first-order chi connectivity index (χ1) is 22.2. The van der Waals surface area contributed by atoms with Gasteiger partial charge in [-0.1, -0.05) is 67.8 Å². The van der Waals surface area contributed by atoms with Gasteiger partial charge < -0.3 is 15.0 Å². The zero-order valence-corrected chi connectivity index (χ0v) is 27.0. The molecule has 46 heavy (non-hydrogen) atoms. The summed E-state index contributed by atoms with van der Waals surface area (Å²) in [6.45, 7) is 3.48. The van der Waals surface area contributed by atoms with Crippen LogP contribution in [0.1, 0.15) is 61.9 Å². The third-order valence-electron chi connectivity index (χ3n) is 8.85. The molecule has 1 fully saturated rings. The van der Waals surface area contributed by atoms with Crippen LogP contribution in [0.15, 0.2) is 108 Å². The van der Waals surface area contributed by atoms with E-state index >= 15 is 0 Å². The summed E-state index contributed by atoms with van der Waals surface area (Å²) in [6, 6.07) is 27.2. The van der Waals surface area contributed by atoms with Gasteiger partial charge in [-0.2, -0.15) is 4.72 Å². The molecule has 2 unspecified atom stereocenters. The molecule has 9 heteroatoms. The molecular weight excluding hydrogens is 596 g/mol. The highest BCUT2D eigenvalue weighted by Crippen LogP contribution is 2.36. The van der Waals surface area contributed by atoms with Gasteiger partial charge in [0.1, 0.15) is 21.9 Å². The Labute approximate surface area is 270 Å². The van der Waals surface area contributed by atoms with Gasteiger partial charge in [-0.15, -0.1) is 0 Å². The van der Waals surface area contributed by atoms with Crippen LogP contribution in [0.5, 0.6) is 11.5 Å². The molecule has 2 heterocycles. The second kappa shape index (κ2) is 13.5. The Kier molecular flexibility index (Phi) is 9.24. The molecule has 0 radical (unpaired) electrons. The van der Waals surface area contributed by atoms with Crippen molar-refractivity contribution in [2.24, 2.45) is 5.92 Å². The topological polar surface area (TPSA) is 113 Å². The minimum Gasteiger partial charge on any atom is -0.456 e. The van der Waals surface area contributed by atoms with Gasteiger partial charge in [-0.3, -0.25) is 9.78 Å². The molecule has 1 saturated carbocycles. The highest BCUT2D eigenvalue weighted by atomic mass is 32.2. The molecule has 8 nitrogen and oxygen atoms in total. The number of carbonyl (C=O) groups is 1. The van der Waals surface area contributed by atoms with E-state index in [1.807, 2.05) is 73.8 Å². The third-order valence-corrected chi connectivity index (χ3v) is 10.5. The van der Waals surface area contributed by atoms with Crippen LogP contribution in [-0.4, -0.2) is 29.8 Å². The van der Waals surface area contributed by atoms with Crippen LogP contribution >= 0.6 is 0 Å². The number of nitrogens with zero attached hydrogens (tertiary/aromatic N) is 1. The van der Waals surface area contributed by atoms with Crippen LogP contribution in [-0.2, 0) is 21.2 Å². The van der Waals surface area contributed by atoms with E-state index < -0.39 is 21.5 Å². The van der Waals surface area contributed by atoms with Crippen LogP contribution in [0.25, 0.3) is 10.9 Å². The molecule has 2 atom stereocenters. The first kappa shape index (κ1) is 31.5. The molecule has 1 amide bonds. The van der Waals surface area contributed by atoms with Gasteiger partial charge in [0.05, 0.1) is 11.7 Å². The summed E-state index contributed by atoms with van der Waals surface area (Å²) >= 11 is 0. The van der Waals surface area contributed by atoms with E-state index in [4.69, 9.17) is 4.74 Å². The minimum absolute atomic E-state index is 0.0390. The Morgan fingerprint density at radius 3 is 2.48 bits per heavy atom. The van der Waals surface area contributed by atoms with Gasteiger partial charge in [0, 0.05) is 29.7 Å². The number of fused-ring (bicyclic) bond motifs is 1. The number of hydrogen-bond acceptors (Lipinski definition) is 5. The average Bonchev–Trinajstić information content (AvgIpc) is 3.47. The van der Waals surface area contributed by atoms with Crippen molar-refractivity contribution in [2.45, 2.75) is 68.8 Å². The van der Waals surface area contributed by atoms with Gasteiger partial charge in [0.25, 0.3) is 0 Å². The lowest BCUT2D eigenvalue weighted by Crippen LogP contribution is -2.59. The Bertz CT molecular complexity index is 1900. The van der Waals surface area contributed by atoms with E-state index in [1.54, 1.807) is 43.5 Å². The fourth-order valence-electron chi connectivity index (χ4n) is 6.46. The maximum atomic E-state index is 14.6. The molecule has 3 N–H and O–H groups in total. The second-order valence-electron chi connectivity index (χ2n) is 12.4. The molecule has 3 aromatic carbocycles. The van der Waals surface area contributed by atoms with Crippen molar-refractivity contribution in [3.8, 4) is 11.5 Å². The van der Waals surface area contributed by atoms with Crippen molar-refractivity contribution in [3.05, 3.63) is 120 Å². The van der Waals surface area contributed by atoms with Crippen molar-refractivity contribution in [3.63, 3.8) is 0 Å². The fourth-order valence-corrected chi connectivity index (χ4v) is 8.04. The molecule has 0 spiro atoms. The molecule has 1 aliphatic rings. The number of para-hydroxylation sites is 2. The number of sulfonamides is 1. The number of nitrogens with one attached hydrogen (secondary N) is 3. The largest absolute Gasteiger partial charge is 0.456 e. The molecule has 1 aliphatic carbocycles. The summed E-state index contributed by atoms with van der Waals surface area (Å²) in [6.07, 6.45) is 8.96. The lowest BCUT2D eigenvalue weighted by Gasteiger charge is -2.35. The zero-order valence-electron chi connectivity index (χ0n) is 26.2. The number of aromatic amines is 1. The maximum Gasteiger partial charge on any atom is 0.245 e. The van der Waals surface area contributed by atoms with Crippen molar-refractivity contribution >= 4 is 26.8 Å². The van der Waals surface area contributed by atoms with Gasteiger partial charge in [-0.05, 0) is 86.2 Å². The average molecular weight is 637 g/mol. The SMILES string of the molecule is Cc1ccc(Oc2ccccc2)c(S(=O)(=O)NC(C)(Cc2c[nH]c3ccccc23)C(=O)NC(c2ccccn2)C2CCCCC2)c1. The lowest BCUT2D eigenvalue weighted by atomic mass is 9.82. The van der Waals surface area contributed by atoms with Crippen LogP contribution in [0.3, 0.4) is 0 Å². The fraction of sp³-hybridized carbons (Fsp3) is 0.297. The second-order valence-corrected chi connectivity index (χ2v) is 14.1. The first-order valence-electron chi connectivity index (χ1n) is 15.9. The monoisotopic (exact) mass is 636 g/mol. The number of aryl methyl sites for hydroxylation is 1. The van der Waals surface area contributed by atoms with E-state index in [-0.39, 0.29) is 29.0 Å². The summed E-state index contributed by atoms with van der Waals surface area (Å²) in [4.78, 5) is 22.4. The maximum absolute atomic E-state index is 14.6. The number of rotatable bonds is 11. The van der Waals surface area contributed by atoms with E-state index in [1.165, 1.54) is 6.42 Å². The molecule has 5 aromatic rings. The number of hydrogen-bond donors (Lipinski definition) is 3. The van der Waals surface area contributed by atoms with Gasteiger partial charge in [-0.25, -0.2) is 8.42 Å². The predicted octanol–water partition coefficient (Wildman–Crippen LogP) is 7.38. The van der Waals surface area contributed by atoms with E-state index in [0.717, 1.165) is 53.4 Å². The van der Waals surface area contributed by atoms with Gasteiger partial charge in [0.15, 0.2) is 0 Å². The molecule has 6 rings (SSSR count). The Hall–Kier alpha value is -4.47. The Morgan fingerprint density at radius 1 is 0.978 bits per heavy atom. The van der Waals surface area contributed by atoms with E-state index in [2.05, 4.69) is 20.0 Å². The van der Waals surface area contributed by atoms with Crippen LogP contribution in [0.2, 0.25) is 0 Å². The summed E-state index contributed by atoms with van der Waals surface area (Å²) in [7, 11) is -4.28. The van der Waals surface area contributed by atoms with Crippen molar-refractivity contribution < 1.29 is 17.9 Å². The number of benzene rings is 3. The predicted molar refractivity (Wildman–Crippen MR) is 180 cm³/mol. The highest BCUT2D eigenvalue weighted by Gasteiger charge is 2.42.